The lowest BCUT2D eigenvalue weighted by atomic mass is 9.89. The normalized spacial score (nSPS) is 11.8. The average molecular weight is 226 g/mol. The maximum Gasteiger partial charge on any atom is 0.0683 e. The van der Waals surface area contributed by atoms with E-state index in [0.717, 1.165) is 45.3 Å². The van der Waals surface area contributed by atoms with Crippen molar-refractivity contribution in [3.8, 4) is 6.07 Å². The second-order valence-corrected chi connectivity index (χ2v) is 4.96. The number of nitriles is 1. The van der Waals surface area contributed by atoms with Gasteiger partial charge >= 0.3 is 0 Å². The quantitative estimate of drug-likeness (QED) is 0.614. The molecular formula is C13H26N2O. The monoisotopic (exact) mass is 226 g/mol. The number of unbranched alkanes of at least 4 members (excludes halogenated alkanes) is 1. The lowest BCUT2D eigenvalue weighted by molar-refractivity contribution is 0.225. The summed E-state index contributed by atoms with van der Waals surface area (Å²) < 4.78 is 0. The highest BCUT2D eigenvalue weighted by molar-refractivity contribution is 4.91. The molecule has 0 aromatic heterocycles. The highest BCUT2D eigenvalue weighted by atomic mass is 16.3. The minimum atomic E-state index is -0.178. The van der Waals surface area contributed by atoms with Gasteiger partial charge in [0.2, 0.25) is 0 Å². The Balaban J connectivity index is 3.60. The van der Waals surface area contributed by atoms with Crippen LogP contribution in [0.3, 0.4) is 0 Å². The van der Waals surface area contributed by atoms with Gasteiger partial charge in [0.25, 0.3) is 0 Å². The first-order valence-corrected chi connectivity index (χ1v) is 6.30. The summed E-state index contributed by atoms with van der Waals surface area (Å²) in [7, 11) is 0. The van der Waals surface area contributed by atoms with E-state index in [1.54, 1.807) is 0 Å². The summed E-state index contributed by atoms with van der Waals surface area (Å²) in [5.41, 5.74) is -0.178. The van der Waals surface area contributed by atoms with Crippen LogP contribution in [0, 0.1) is 16.7 Å². The first-order valence-electron chi connectivity index (χ1n) is 6.30. The van der Waals surface area contributed by atoms with Crippen molar-refractivity contribution < 1.29 is 5.11 Å². The Labute approximate surface area is 100 Å². The Morgan fingerprint density at radius 2 is 1.81 bits per heavy atom. The van der Waals surface area contributed by atoms with Gasteiger partial charge in [0.1, 0.15) is 0 Å². The van der Waals surface area contributed by atoms with Crippen molar-refractivity contribution in [2.24, 2.45) is 5.41 Å². The molecule has 16 heavy (non-hydrogen) atoms. The number of aliphatic hydroxyl groups excluding tert-OH is 1. The van der Waals surface area contributed by atoms with Crippen LogP contribution in [0.5, 0.6) is 0 Å². The molecule has 0 fully saturated rings. The average Bonchev–Trinajstić information content (AvgIpc) is 2.28. The van der Waals surface area contributed by atoms with Gasteiger partial charge in [-0.3, -0.25) is 0 Å². The van der Waals surface area contributed by atoms with E-state index in [0.29, 0.717) is 0 Å². The minimum absolute atomic E-state index is 0.178. The Bertz CT molecular complexity index is 208. The topological polar surface area (TPSA) is 47.3 Å². The van der Waals surface area contributed by atoms with E-state index < -0.39 is 0 Å². The molecule has 0 radical (unpaired) electrons. The van der Waals surface area contributed by atoms with Crippen molar-refractivity contribution in [2.45, 2.75) is 46.5 Å². The molecule has 0 saturated carbocycles. The molecule has 0 heterocycles. The summed E-state index contributed by atoms with van der Waals surface area (Å²) in [4.78, 5) is 2.36. The zero-order chi connectivity index (χ0) is 12.4. The first kappa shape index (κ1) is 15.4. The van der Waals surface area contributed by atoms with Crippen molar-refractivity contribution in [1.82, 2.24) is 4.90 Å². The maximum absolute atomic E-state index is 8.88. The van der Waals surface area contributed by atoms with E-state index in [9.17, 15) is 0 Å². The van der Waals surface area contributed by atoms with Gasteiger partial charge in [0.05, 0.1) is 11.5 Å². The third kappa shape index (κ3) is 7.67. The summed E-state index contributed by atoms with van der Waals surface area (Å²) >= 11 is 0. The van der Waals surface area contributed by atoms with Gasteiger partial charge in [-0.1, -0.05) is 13.3 Å². The predicted octanol–water partition coefficient (Wildman–Crippen LogP) is 2.41. The van der Waals surface area contributed by atoms with Crippen LogP contribution in [0.15, 0.2) is 0 Å². The van der Waals surface area contributed by atoms with Gasteiger partial charge in [0, 0.05) is 13.2 Å². The predicted molar refractivity (Wildman–Crippen MR) is 67.1 cm³/mol. The molecule has 0 aliphatic rings. The van der Waals surface area contributed by atoms with Crippen LogP contribution in [0.25, 0.3) is 0 Å². The second kappa shape index (κ2) is 8.55. The van der Waals surface area contributed by atoms with Crippen LogP contribution in [0.2, 0.25) is 0 Å². The largest absolute Gasteiger partial charge is 0.396 e. The van der Waals surface area contributed by atoms with Gasteiger partial charge in [-0.15, -0.1) is 0 Å². The minimum Gasteiger partial charge on any atom is -0.396 e. The fraction of sp³-hybridized carbons (Fsp3) is 0.923. The Hall–Kier alpha value is -0.590. The zero-order valence-electron chi connectivity index (χ0n) is 11.0. The summed E-state index contributed by atoms with van der Waals surface area (Å²) in [5.74, 6) is 0. The van der Waals surface area contributed by atoms with E-state index in [1.807, 2.05) is 13.8 Å². The Morgan fingerprint density at radius 1 is 1.19 bits per heavy atom. The fourth-order valence-corrected chi connectivity index (χ4v) is 1.68. The smallest absolute Gasteiger partial charge is 0.0683 e. The SMILES string of the molecule is CCN(CCCO)CCCCC(C)(C)C#N. The number of nitrogens with zero attached hydrogens (tertiary/aromatic N) is 2. The van der Waals surface area contributed by atoms with Crippen molar-refractivity contribution in [1.29, 1.82) is 5.26 Å². The zero-order valence-corrected chi connectivity index (χ0v) is 11.0. The molecule has 3 nitrogen and oxygen atoms in total. The molecule has 0 aliphatic carbocycles. The van der Waals surface area contributed by atoms with Crippen LogP contribution in [0.1, 0.15) is 46.5 Å². The van der Waals surface area contributed by atoms with E-state index in [-0.39, 0.29) is 12.0 Å². The molecule has 0 bridgehead atoms. The molecule has 3 heteroatoms. The Kier molecular flexibility index (Phi) is 8.23. The van der Waals surface area contributed by atoms with E-state index in [4.69, 9.17) is 10.4 Å². The molecule has 0 spiro atoms. The van der Waals surface area contributed by atoms with Crippen LogP contribution in [-0.2, 0) is 0 Å². The summed E-state index contributed by atoms with van der Waals surface area (Å²) in [6.45, 7) is 9.52. The summed E-state index contributed by atoms with van der Waals surface area (Å²) in [5, 5.41) is 17.6. The maximum atomic E-state index is 8.88. The van der Waals surface area contributed by atoms with Crippen LogP contribution in [0.4, 0.5) is 0 Å². The number of hydrogen-bond acceptors (Lipinski definition) is 3. The lowest BCUT2D eigenvalue weighted by Gasteiger charge is -2.21. The van der Waals surface area contributed by atoms with Crippen molar-refractivity contribution >= 4 is 0 Å². The van der Waals surface area contributed by atoms with E-state index >= 15 is 0 Å². The van der Waals surface area contributed by atoms with Gasteiger partial charge in [-0.25, -0.2) is 0 Å². The standard InChI is InChI=1S/C13H26N2O/c1-4-15(10-7-11-16)9-6-5-8-13(2,3)12-14/h16H,4-11H2,1-3H3. The van der Waals surface area contributed by atoms with E-state index in [1.165, 1.54) is 0 Å². The molecule has 0 atom stereocenters. The molecule has 1 N–H and O–H groups in total. The third-order valence-electron chi connectivity index (χ3n) is 2.91. The summed E-state index contributed by atoms with van der Waals surface area (Å²) in [6, 6.07) is 2.33. The van der Waals surface area contributed by atoms with Gasteiger partial charge in [-0.05, 0) is 46.2 Å². The molecule has 0 amide bonds. The van der Waals surface area contributed by atoms with Crippen molar-refractivity contribution in [3.63, 3.8) is 0 Å². The molecular weight excluding hydrogens is 200 g/mol. The second-order valence-electron chi connectivity index (χ2n) is 4.96. The molecule has 0 unspecified atom stereocenters. The highest BCUT2D eigenvalue weighted by Gasteiger charge is 2.15. The third-order valence-corrected chi connectivity index (χ3v) is 2.91. The first-order chi connectivity index (χ1) is 7.55. The molecule has 0 aromatic rings. The lowest BCUT2D eigenvalue weighted by Crippen LogP contribution is -2.26. The van der Waals surface area contributed by atoms with Crippen LogP contribution in [-0.4, -0.2) is 36.2 Å². The summed E-state index contributed by atoms with van der Waals surface area (Å²) in [6.07, 6.45) is 4.08. The number of rotatable bonds is 9. The van der Waals surface area contributed by atoms with Crippen molar-refractivity contribution in [3.05, 3.63) is 0 Å². The number of hydrogen-bond donors (Lipinski definition) is 1. The van der Waals surface area contributed by atoms with Crippen LogP contribution >= 0.6 is 0 Å². The molecule has 0 aliphatic heterocycles. The van der Waals surface area contributed by atoms with Gasteiger partial charge in [0.15, 0.2) is 0 Å². The molecule has 0 rings (SSSR count). The molecule has 94 valence electrons. The molecule has 0 aromatic carbocycles. The number of aliphatic hydroxyl groups is 1. The molecule has 0 saturated heterocycles. The van der Waals surface area contributed by atoms with E-state index in [2.05, 4.69) is 17.9 Å². The van der Waals surface area contributed by atoms with Crippen molar-refractivity contribution in [2.75, 3.05) is 26.2 Å². The van der Waals surface area contributed by atoms with Gasteiger partial charge in [-0.2, -0.15) is 5.26 Å². The van der Waals surface area contributed by atoms with Crippen LogP contribution < -0.4 is 0 Å². The fourth-order valence-electron chi connectivity index (χ4n) is 1.68. The highest BCUT2D eigenvalue weighted by Crippen LogP contribution is 2.21. The Morgan fingerprint density at radius 3 is 2.31 bits per heavy atom. The van der Waals surface area contributed by atoms with Gasteiger partial charge < -0.3 is 10.0 Å².